The fourth-order valence-electron chi connectivity index (χ4n) is 2.38. The Bertz CT molecular complexity index is 493. The number of nitrogen functional groups attached to an aromatic ring is 1. The molecule has 5 heteroatoms. The van der Waals surface area contributed by atoms with E-state index in [0.29, 0.717) is 10.4 Å². The smallest absolute Gasteiger partial charge is 0.339 e. The Morgan fingerprint density at radius 2 is 2.11 bits per heavy atom. The molecule has 1 fully saturated rings. The SMILES string of the molecule is CC1CCCCC1OC(=O)c1cc(N)c(F)cc1Br. The first kappa shape index (κ1) is 14.3. The third-order valence-corrected chi connectivity index (χ3v) is 4.25. The number of esters is 1. The Morgan fingerprint density at radius 1 is 1.42 bits per heavy atom. The van der Waals surface area contributed by atoms with Crippen molar-refractivity contribution in [2.75, 3.05) is 5.73 Å². The molecule has 0 heterocycles. The van der Waals surface area contributed by atoms with Crippen LogP contribution in [0.5, 0.6) is 0 Å². The zero-order valence-electron chi connectivity index (χ0n) is 10.8. The molecule has 0 saturated heterocycles. The molecular formula is C14H17BrFNO2. The van der Waals surface area contributed by atoms with Crippen LogP contribution in [0.3, 0.4) is 0 Å². The molecule has 2 atom stereocenters. The molecule has 2 rings (SSSR count). The number of benzene rings is 1. The van der Waals surface area contributed by atoms with E-state index in [0.717, 1.165) is 19.3 Å². The molecule has 2 N–H and O–H groups in total. The Kier molecular flexibility index (Phi) is 4.45. The zero-order valence-corrected chi connectivity index (χ0v) is 12.4. The van der Waals surface area contributed by atoms with Gasteiger partial charge < -0.3 is 10.5 Å². The van der Waals surface area contributed by atoms with E-state index in [1.807, 2.05) is 0 Å². The maximum absolute atomic E-state index is 13.2. The lowest BCUT2D eigenvalue weighted by atomic mass is 9.88. The first-order valence-electron chi connectivity index (χ1n) is 6.44. The molecule has 0 aromatic heterocycles. The van der Waals surface area contributed by atoms with E-state index in [-0.39, 0.29) is 17.4 Å². The van der Waals surface area contributed by atoms with Crippen molar-refractivity contribution in [3.63, 3.8) is 0 Å². The van der Waals surface area contributed by atoms with Gasteiger partial charge in [0.15, 0.2) is 0 Å². The van der Waals surface area contributed by atoms with Gasteiger partial charge in [0.05, 0.1) is 11.3 Å². The van der Waals surface area contributed by atoms with Gasteiger partial charge in [-0.3, -0.25) is 0 Å². The van der Waals surface area contributed by atoms with E-state index in [1.165, 1.54) is 18.6 Å². The molecule has 3 nitrogen and oxygen atoms in total. The molecular weight excluding hydrogens is 313 g/mol. The van der Waals surface area contributed by atoms with Gasteiger partial charge in [-0.05, 0) is 53.2 Å². The van der Waals surface area contributed by atoms with Crippen LogP contribution in [-0.2, 0) is 4.74 Å². The van der Waals surface area contributed by atoms with Crippen molar-refractivity contribution in [1.82, 2.24) is 0 Å². The lowest BCUT2D eigenvalue weighted by Gasteiger charge is -2.28. The molecule has 2 unspecified atom stereocenters. The third-order valence-electron chi connectivity index (χ3n) is 3.60. The van der Waals surface area contributed by atoms with Gasteiger partial charge in [-0.25, -0.2) is 9.18 Å². The van der Waals surface area contributed by atoms with Gasteiger partial charge in [-0.1, -0.05) is 13.3 Å². The Balaban J connectivity index is 2.13. The predicted molar refractivity (Wildman–Crippen MR) is 75.3 cm³/mol. The Hall–Kier alpha value is -1.10. The van der Waals surface area contributed by atoms with E-state index < -0.39 is 11.8 Å². The summed E-state index contributed by atoms with van der Waals surface area (Å²) in [4.78, 5) is 12.1. The number of rotatable bonds is 2. The fourth-order valence-corrected chi connectivity index (χ4v) is 2.86. The summed E-state index contributed by atoms with van der Waals surface area (Å²) >= 11 is 3.17. The highest BCUT2D eigenvalue weighted by Gasteiger charge is 2.26. The van der Waals surface area contributed by atoms with Gasteiger partial charge in [0.1, 0.15) is 11.9 Å². The maximum atomic E-state index is 13.2. The van der Waals surface area contributed by atoms with Gasteiger partial charge in [-0.2, -0.15) is 0 Å². The number of ether oxygens (including phenoxy) is 1. The second kappa shape index (κ2) is 5.90. The Morgan fingerprint density at radius 3 is 2.79 bits per heavy atom. The van der Waals surface area contributed by atoms with Crippen LogP contribution in [0.2, 0.25) is 0 Å². The van der Waals surface area contributed by atoms with Gasteiger partial charge in [-0.15, -0.1) is 0 Å². The van der Waals surface area contributed by atoms with E-state index in [9.17, 15) is 9.18 Å². The summed E-state index contributed by atoms with van der Waals surface area (Å²) in [6, 6.07) is 2.51. The summed E-state index contributed by atoms with van der Waals surface area (Å²) in [5.74, 6) is -0.624. The van der Waals surface area contributed by atoms with Crippen molar-refractivity contribution in [1.29, 1.82) is 0 Å². The molecule has 0 bridgehead atoms. The van der Waals surface area contributed by atoms with Crippen molar-refractivity contribution in [3.05, 3.63) is 28.0 Å². The molecule has 0 spiro atoms. The summed E-state index contributed by atoms with van der Waals surface area (Å²) in [7, 11) is 0. The normalized spacial score (nSPS) is 23.1. The summed E-state index contributed by atoms with van der Waals surface area (Å²) in [6.07, 6.45) is 4.17. The third kappa shape index (κ3) is 3.26. The zero-order chi connectivity index (χ0) is 14.0. The molecule has 1 aromatic carbocycles. The molecule has 0 radical (unpaired) electrons. The van der Waals surface area contributed by atoms with E-state index in [1.54, 1.807) is 0 Å². The van der Waals surface area contributed by atoms with Crippen LogP contribution in [0.4, 0.5) is 10.1 Å². The van der Waals surface area contributed by atoms with Gasteiger partial charge >= 0.3 is 5.97 Å². The number of carbonyl (C=O) groups is 1. The molecule has 0 amide bonds. The summed E-state index contributed by atoms with van der Waals surface area (Å²) in [5.41, 5.74) is 5.71. The Labute approximate surface area is 120 Å². The molecule has 0 aliphatic heterocycles. The molecule has 104 valence electrons. The number of hydrogen-bond acceptors (Lipinski definition) is 3. The quantitative estimate of drug-likeness (QED) is 0.661. The lowest BCUT2D eigenvalue weighted by Crippen LogP contribution is -2.28. The minimum atomic E-state index is -0.547. The highest BCUT2D eigenvalue weighted by molar-refractivity contribution is 9.10. The van der Waals surface area contributed by atoms with Crippen molar-refractivity contribution in [2.45, 2.75) is 38.7 Å². The molecule has 19 heavy (non-hydrogen) atoms. The number of halogens is 2. The monoisotopic (exact) mass is 329 g/mol. The topological polar surface area (TPSA) is 52.3 Å². The van der Waals surface area contributed by atoms with Gasteiger partial charge in [0.25, 0.3) is 0 Å². The van der Waals surface area contributed by atoms with Crippen LogP contribution >= 0.6 is 15.9 Å². The first-order chi connectivity index (χ1) is 8.99. The number of carbonyl (C=O) groups excluding carboxylic acids is 1. The molecule has 1 aliphatic carbocycles. The summed E-state index contributed by atoms with van der Waals surface area (Å²) in [6.45, 7) is 2.09. The van der Waals surface area contributed by atoms with Crippen molar-refractivity contribution < 1.29 is 13.9 Å². The van der Waals surface area contributed by atoms with E-state index in [4.69, 9.17) is 10.5 Å². The first-order valence-corrected chi connectivity index (χ1v) is 7.24. The fraction of sp³-hybridized carbons (Fsp3) is 0.500. The van der Waals surface area contributed by atoms with Gasteiger partial charge in [0, 0.05) is 4.47 Å². The van der Waals surface area contributed by atoms with Crippen LogP contribution in [0, 0.1) is 11.7 Å². The molecule has 1 aliphatic rings. The van der Waals surface area contributed by atoms with Crippen LogP contribution in [-0.4, -0.2) is 12.1 Å². The minimum Gasteiger partial charge on any atom is -0.458 e. The second-order valence-electron chi connectivity index (χ2n) is 5.06. The van der Waals surface area contributed by atoms with Crippen molar-refractivity contribution in [2.24, 2.45) is 5.92 Å². The highest BCUT2D eigenvalue weighted by Crippen LogP contribution is 2.29. The minimum absolute atomic E-state index is 0.0492. The van der Waals surface area contributed by atoms with E-state index in [2.05, 4.69) is 22.9 Å². The van der Waals surface area contributed by atoms with Crippen molar-refractivity contribution in [3.8, 4) is 0 Å². The van der Waals surface area contributed by atoms with Crippen LogP contribution in [0.15, 0.2) is 16.6 Å². The predicted octanol–water partition coefficient (Wildman–Crippen LogP) is 3.91. The number of hydrogen-bond donors (Lipinski definition) is 1. The van der Waals surface area contributed by atoms with Crippen LogP contribution in [0.1, 0.15) is 43.0 Å². The average molecular weight is 330 g/mol. The lowest BCUT2D eigenvalue weighted by molar-refractivity contribution is 0.00472. The van der Waals surface area contributed by atoms with E-state index >= 15 is 0 Å². The average Bonchev–Trinajstić information content (AvgIpc) is 2.36. The van der Waals surface area contributed by atoms with Gasteiger partial charge in [0.2, 0.25) is 0 Å². The molecule has 1 aromatic rings. The largest absolute Gasteiger partial charge is 0.458 e. The summed E-state index contributed by atoms with van der Waals surface area (Å²) < 4.78 is 19.1. The van der Waals surface area contributed by atoms with Crippen molar-refractivity contribution >= 4 is 27.6 Å². The second-order valence-corrected chi connectivity index (χ2v) is 5.91. The van der Waals surface area contributed by atoms with Crippen LogP contribution in [0.25, 0.3) is 0 Å². The number of nitrogens with two attached hydrogens (primary N) is 1. The number of anilines is 1. The summed E-state index contributed by atoms with van der Waals surface area (Å²) in [5, 5.41) is 0. The standard InChI is InChI=1S/C14H17BrFNO2/c1-8-4-2-3-5-13(8)19-14(18)9-6-12(17)11(16)7-10(9)15/h6-8,13H,2-5,17H2,1H3. The molecule has 1 saturated carbocycles. The maximum Gasteiger partial charge on any atom is 0.339 e. The highest BCUT2D eigenvalue weighted by atomic mass is 79.9. The van der Waals surface area contributed by atoms with Crippen LogP contribution < -0.4 is 5.73 Å².